The van der Waals surface area contributed by atoms with Gasteiger partial charge in [-0.25, -0.2) is 13.4 Å². The van der Waals surface area contributed by atoms with Crippen LogP contribution in [0.1, 0.15) is 24.6 Å². The third-order valence-electron chi connectivity index (χ3n) is 4.20. The van der Waals surface area contributed by atoms with Gasteiger partial charge in [-0.2, -0.15) is 5.10 Å². The Morgan fingerprint density at radius 1 is 1.24 bits per heavy atom. The molecular weight excluding hydrogens is 336 g/mol. The summed E-state index contributed by atoms with van der Waals surface area (Å²) in [5, 5.41) is 7.51. The number of aryl methyl sites for hydroxylation is 1. The van der Waals surface area contributed by atoms with Crippen LogP contribution in [0.2, 0.25) is 0 Å². The van der Waals surface area contributed by atoms with Gasteiger partial charge in [0, 0.05) is 19.5 Å². The zero-order valence-corrected chi connectivity index (χ0v) is 15.4. The second-order valence-corrected chi connectivity index (χ2v) is 8.40. The number of nitrogens with one attached hydrogen (secondary N) is 1. The zero-order chi connectivity index (χ0) is 18.0. The van der Waals surface area contributed by atoms with Crippen molar-refractivity contribution in [3.05, 3.63) is 59.7 Å². The Morgan fingerprint density at radius 2 is 1.96 bits per heavy atom. The number of aromatic nitrogens is 2. The molecule has 1 aliphatic rings. The molecule has 3 rings (SSSR count). The van der Waals surface area contributed by atoms with Crippen LogP contribution in [0.15, 0.2) is 58.3 Å². The van der Waals surface area contributed by atoms with Gasteiger partial charge in [0.05, 0.1) is 22.8 Å². The number of benzene rings is 1. The molecule has 6 nitrogen and oxygen atoms in total. The molecule has 0 spiro atoms. The number of allylic oxidation sites excluding steroid dienone is 1. The minimum absolute atomic E-state index is 0.325. The van der Waals surface area contributed by atoms with E-state index in [4.69, 9.17) is 4.99 Å². The van der Waals surface area contributed by atoms with E-state index < -0.39 is 9.84 Å². The summed E-state index contributed by atoms with van der Waals surface area (Å²) in [6.07, 6.45) is 5.93. The van der Waals surface area contributed by atoms with Crippen LogP contribution in [0.25, 0.3) is 0 Å². The largest absolute Gasteiger partial charge is 0.365 e. The van der Waals surface area contributed by atoms with Gasteiger partial charge in [0.2, 0.25) is 0 Å². The number of hydrogen-bond donors (Lipinski definition) is 1. The first-order chi connectivity index (χ1) is 11.8. The van der Waals surface area contributed by atoms with Crippen molar-refractivity contribution < 1.29 is 8.42 Å². The van der Waals surface area contributed by atoms with E-state index in [1.54, 1.807) is 18.3 Å². The lowest BCUT2D eigenvalue weighted by Crippen LogP contribution is -2.20. The van der Waals surface area contributed by atoms with Gasteiger partial charge in [-0.3, -0.25) is 4.68 Å². The number of sulfone groups is 1. The van der Waals surface area contributed by atoms with Gasteiger partial charge in [0.15, 0.2) is 9.84 Å². The quantitative estimate of drug-likeness (QED) is 0.890. The van der Waals surface area contributed by atoms with Gasteiger partial charge in [0.25, 0.3) is 0 Å². The third-order valence-corrected chi connectivity index (χ3v) is 5.33. The topological polar surface area (TPSA) is 76.3 Å². The Hall–Kier alpha value is -2.41. The molecule has 132 valence electrons. The van der Waals surface area contributed by atoms with Crippen molar-refractivity contribution in [1.29, 1.82) is 0 Å². The van der Waals surface area contributed by atoms with E-state index in [2.05, 4.69) is 23.4 Å². The monoisotopic (exact) mass is 358 g/mol. The highest BCUT2D eigenvalue weighted by molar-refractivity contribution is 7.90. The van der Waals surface area contributed by atoms with Crippen molar-refractivity contribution in [2.45, 2.75) is 24.8 Å². The van der Waals surface area contributed by atoms with Crippen LogP contribution >= 0.6 is 0 Å². The van der Waals surface area contributed by atoms with Crippen LogP contribution < -0.4 is 5.32 Å². The van der Waals surface area contributed by atoms with Gasteiger partial charge >= 0.3 is 0 Å². The third kappa shape index (κ3) is 4.17. The van der Waals surface area contributed by atoms with Gasteiger partial charge in [-0.15, -0.1) is 0 Å². The molecule has 0 saturated heterocycles. The van der Waals surface area contributed by atoms with Crippen molar-refractivity contribution in [2.75, 3.05) is 6.26 Å². The molecule has 7 heteroatoms. The predicted octanol–water partition coefficient (Wildman–Crippen LogP) is 2.28. The summed E-state index contributed by atoms with van der Waals surface area (Å²) in [5.41, 5.74) is 2.99. The molecule has 0 saturated carbocycles. The molecule has 2 aromatic rings. The van der Waals surface area contributed by atoms with Crippen molar-refractivity contribution >= 4 is 15.5 Å². The van der Waals surface area contributed by atoms with Crippen LogP contribution in [0.3, 0.4) is 0 Å². The highest BCUT2D eigenvalue weighted by Gasteiger charge is 2.16. The van der Waals surface area contributed by atoms with Crippen LogP contribution in [0.5, 0.6) is 0 Å². The summed E-state index contributed by atoms with van der Waals surface area (Å²) in [6, 6.07) is 8.89. The molecule has 0 radical (unpaired) electrons. The fourth-order valence-electron chi connectivity index (χ4n) is 2.79. The number of rotatable bonds is 5. The maximum absolute atomic E-state index is 11.6. The standard InChI is InChI=1S/C18H22N4O2S/c1-13-10-17(14-4-6-16(7-5-14)25(3,23)24)21-18(11-13)19-12-15-8-9-20-22(15)2/h4-9,11,13,19H,10,12H2,1-3H3. The summed E-state index contributed by atoms with van der Waals surface area (Å²) < 4.78 is 25.0. The van der Waals surface area contributed by atoms with E-state index in [1.807, 2.05) is 29.9 Å². The van der Waals surface area contributed by atoms with Gasteiger partial charge in [-0.05, 0) is 42.2 Å². The molecule has 1 unspecified atom stereocenters. The Labute approximate surface area is 148 Å². The fraction of sp³-hybridized carbons (Fsp3) is 0.333. The fourth-order valence-corrected chi connectivity index (χ4v) is 3.42. The molecule has 0 fully saturated rings. The molecule has 1 aromatic heterocycles. The molecule has 0 amide bonds. The average Bonchev–Trinajstić information content (AvgIpc) is 2.97. The smallest absolute Gasteiger partial charge is 0.175 e. The summed E-state index contributed by atoms with van der Waals surface area (Å²) >= 11 is 0. The van der Waals surface area contributed by atoms with Gasteiger partial charge in [-0.1, -0.05) is 19.1 Å². The van der Waals surface area contributed by atoms with E-state index in [0.717, 1.165) is 29.2 Å². The minimum Gasteiger partial charge on any atom is -0.365 e. The zero-order valence-electron chi connectivity index (χ0n) is 14.6. The molecule has 1 atom stereocenters. The summed E-state index contributed by atoms with van der Waals surface area (Å²) in [6.45, 7) is 2.80. The van der Waals surface area contributed by atoms with Crippen molar-refractivity contribution in [1.82, 2.24) is 15.1 Å². The molecule has 0 aliphatic carbocycles. The Balaban J connectivity index is 1.78. The van der Waals surface area contributed by atoms with E-state index >= 15 is 0 Å². The number of hydrogen-bond acceptors (Lipinski definition) is 5. The van der Waals surface area contributed by atoms with Crippen LogP contribution in [-0.2, 0) is 23.4 Å². The lowest BCUT2D eigenvalue weighted by atomic mass is 9.96. The maximum atomic E-state index is 11.6. The Morgan fingerprint density at radius 3 is 2.56 bits per heavy atom. The SMILES string of the molecule is CC1C=C(NCc2ccnn2C)N=C(c2ccc(S(C)(=O)=O)cc2)C1. The van der Waals surface area contributed by atoms with Crippen molar-refractivity contribution in [3.63, 3.8) is 0 Å². The molecule has 1 aromatic carbocycles. The van der Waals surface area contributed by atoms with E-state index in [0.29, 0.717) is 17.4 Å². The van der Waals surface area contributed by atoms with Crippen molar-refractivity contribution in [3.8, 4) is 0 Å². The normalized spacial score (nSPS) is 17.8. The molecular formula is C18H22N4O2S. The lowest BCUT2D eigenvalue weighted by Gasteiger charge is -2.19. The predicted molar refractivity (Wildman–Crippen MR) is 98.0 cm³/mol. The van der Waals surface area contributed by atoms with E-state index in [-0.39, 0.29) is 0 Å². The first kappa shape index (κ1) is 17.4. The van der Waals surface area contributed by atoms with Crippen LogP contribution in [0.4, 0.5) is 0 Å². The van der Waals surface area contributed by atoms with Crippen LogP contribution in [0, 0.1) is 5.92 Å². The average molecular weight is 358 g/mol. The molecule has 2 heterocycles. The molecule has 1 aliphatic heterocycles. The molecule has 0 bridgehead atoms. The van der Waals surface area contributed by atoms with Gasteiger partial charge < -0.3 is 5.32 Å². The van der Waals surface area contributed by atoms with E-state index in [9.17, 15) is 8.42 Å². The number of aliphatic imine (C=N–C) groups is 1. The van der Waals surface area contributed by atoms with Crippen LogP contribution in [-0.4, -0.2) is 30.2 Å². The highest BCUT2D eigenvalue weighted by atomic mass is 32.2. The maximum Gasteiger partial charge on any atom is 0.175 e. The summed E-state index contributed by atoms with van der Waals surface area (Å²) in [5.74, 6) is 1.19. The van der Waals surface area contributed by atoms with E-state index in [1.165, 1.54) is 6.26 Å². The lowest BCUT2D eigenvalue weighted by molar-refractivity contribution is 0.602. The number of nitrogens with zero attached hydrogens (tertiary/aromatic N) is 3. The Kier molecular flexibility index (Phi) is 4.76. The second-order valence-electron chi connectivity index (χ2n) is 6.39. The highest BCUT2D eigenvalue weighted by Crippen LogP contribution is 2.21. The molecule has 1 N–H and O–H groups in total. The summed E-state index contributed by atoms with van der Waals surface area (Å²) in [4.78, 5) is 5.04. The molecule has 25 heavy (non-hydrogen) atoms. The first-order valence-electron chi connectivity index (χ1n) is 8.13. The Bertz CT molecular complexity index is 924. The van der Waals surface area contributed by atoms with Gasteiger partial charge in [0.1, 0.15) is 5.82 Å². The minimum atomic E-state index is -3.18. The summed E-state index contributed by atoms with van der Waals surface area (Å²) in [7, 11) is -1.27. The first-order valence-corrected chi connectivity index (χ1v) is 10.0. The van der Waals surface area contributed by atoms with Crippen molar-refractivity contribution in [2.24, 2.45) is 18.0 Å². The second kappa shape index (κ2) is 6.84.